The van der Waals surface area contributed by atoms with Gasteiger partial charge < -0.3 is 17.2 Å². The molecule has 1 heterocycles. The molecule has 0 bridgehead atoms. The molecule has 0 spiro atoms. The first-order chi connectivity index (χ1) is 14.7. The van der Waals surface area contributed by atoms with Crippen LogP contribution in [0.25, 0.3) is 0 Å². The highest BCUT2D eigenvalue weighted by Gasteiger charge is 2.25. The standard InChI is InChI=1S/C20H22N6O3S2/c21-17(19(24)27)13-4-2-6-15(11-13)31(28,29)26-16(20-25-7-8-30-20)10-12-3-1-5-14(9-12)18(22)23/h1-9,11,16-17,26H,10,21H2,(H3,22,23)(H2,24,27). The van der Waals surface area contributed by atoms with Gasteiger partial charge in [0.05, 0.1) is 10.9 Å². The van der Waals surface area contributed by atoms with Crippen LogP contribution in [0.2, 0.25) is 0 Å². The molecule has 0 aliphatic heterocycles. The quantitative estimate of drug-likeness (QED) is 0.237. The van der Waals surface area contributed by atoms with E-state index < -0.39 is 28.0 Å². The fourth-order valence-corrected chi connectivity index (χ4v) is 5.00. The smallest absolute Gasteiger partial charge is 0.241 e. The van der Waals surface area contributed by atoms with E-state index >= 15 is 0 Å². The Bertz CT molecular complexity index is 1200. The van der Waals surface area contributed by atoms with Crippen LogP contribution in [-0.2, 0) is 21.2 Å². The average molecular weight is 459 g/mol. The average Bonchev–Trinajstić information content (AvgIpc) is 3.28. The Kier molecular flexibility index (Phi) is 6.81. The third-order valence-electron chi connectivity index (χ3n) is 4.56. The Morgan fingerprint density at radius 2 is 1.90 bits per heavy atom. The SMILES string of the molecule is N=C(N)c1cccc(CC(NS(=O)(=O)c2cccc(C(N)C(N)=O)c2)c2nccs2)c1. The van der Waals surface area contributed by atoms with Crippen molar-refractivity contribution < 1.29 is 13.2 Å². The van der Waals surface area contributed by atoms with E-state index in [9.17, 15) is 13.2 Å². The summed E-state index contributed by atoms with van der Waals surface area (Å²) in [7, 11) is -3.97. The van der Waals surface area contributed by atoms with Gasteiger partial charge in [-0.25, -0.2) is 18.1 Å². The predicted molar refractivity (Wildman–Crippen MR) is 119 cm³/mol. The van der Waals surface area contributed by atoms with Crippen molar-refractivity contribution >= 4 is 33.1 Å². The number of nitrogens with one attached hydrogen (secondary N) is 2. The minimum atomic E-state index is -3.97. The summed E-state index contributed by atoms with van der Waals surface area (Å²) in [5.41, 5.74) is 18.2. The van der Waals surface area contributed by atoms with Gasteiger partial charge in [0.15, 0.2) is 0 Å². The first kappa shape index (κ1) is 22.6. The molecule has 0 aliphatic carbocycles. The molecule has 3 aromatic rings. The number of nitrogens with two attached hydrogens (primary N) is 3. The van der Waals surface area contributed by atoms with Crippen molar-refractivity contribution in [2.45, 2.75) is 23.4 Å². The largest absolute Gasteiger partial charge is 0.384 e. The second kappa shape index (κ2) is 9.35. The number of sulfonamides is 1. The molecule has 0 radical (unpaired) electrons. The van der Waals surface area contributed by atoms with Gasteiger partial charge >= 0.3 is 0 Å². The van der Waals surface area contributed by atoms with Crippen molar-refractivity contribution in [2.24, 2.45) is 17.2 Å². The molecule has 1 aromatic heterocycles. The van der Waals surface area contributed by atoms with Crippen molar-refractivity contribution in [2.75, 3.05) is 0 Å². The summed E-state index contributed by atoms with van der Waals surface area (Å²) in [4.78, 5) is 15.6. The molecule has 0 fully saturated rings. The number of hydrogen-bond donors (Lipinski definition) is 5. The Balaban J connectivity index is 1.91. The lowest BCUT2D eigenvalue weighted by Gasteiger charge is -2.18. The van der Waals surface area contributed by atoms with Crippen LogP contribution in [0.4, 0.5) is 0 Å². The summed E-state index contributed by atoms with van der Waals surface area (Å²) in [5.74, 6) is -0.829. The third-order valence-corrected chi connectivity index (χ3v) is 6.92. The van der Waals surface area contributed by atoms with Crippen LogP contribution < -0.4 is 21.9 Å². The fourth-order valence-electron chi connectivity index (χ4n) is 2.98. The highest BCUT2D eigenvalue weighted by atomic mass is 32.2. The molecule has 2 atom stereocenters. The van der Waals surface area contributed by atoms with Crippen molar-refractivity contribution in [1.82, 2.24) is 9.71 Å². The molecule has 0 saturated heterocycles. The van der Waals surface area contributed by atoms with Crippen molar-refractivity contribution in [3.63, 3.8) is 0 Å². The summed E-state index contributed by atoms with van der Waals surface area (Å²) < 4.78 is 28.9. The van der Waals surface area contributed by atoms with Gasteiger partial charge in [0.25, 0.3) is 0 Å². The summed E-state index contributed by atoms with van der Waals surface area (Å²) >= 11 is 1.32. The Labute approximate surface area is 183 Å². The minimum Gasteiger partial charge on any atom is -0.384 e. The molecule has 0 saturated carbocycles. The van der Waals surface area contributed by atoms with E-state index in [1.54, 1.807) is 35.8 Å². The lowest BCUT2D eigenvalue weighted by atomic mass is 10.0. The predicted octanol–water partition coefficient (Wildman–Crippen LogP) is 1.17. The number of rotatable bonds is 9. The Hall–Kier alpha value is -3.12. The topological polar surface area (TPSA) is 178 Å². The number of nitrogens with zero attached hydrogens (tertiary/aromatic N) is 1. The van der Waals surface area contributed by atoms with Crippen LogP contribution in [0.15, 0.2) is 65.0 Å². The number of amidine groups is 1. The molecule has 0 aliphatic rings. The van der Waals surface area contributed by atoms with E-state index in [1.165, 1.54) is 29.5 Å². The summed E-state index contributed by atoms with van der Waals surface area (Å²) in [6, 6.07) is 11.1. The fraction of sp³-hybridized carbons (Fsp3) is 0.150. The molecule has 2 unspecified atom stereocenters. The van der Waals surface area contributed by atoms with Crippen LogP contribution in [-0.4, -0.2) is 25.1 Å². The molecular weight excluding hydrogens is 436 g/mol. The molecule has 31 heavy (non-hydrogen) atoms. The number of benzene rings is 2. The van der Waals surface area contributed by atoms with Crippen molar-refractivity contribution in [3.05, 3.63) is 81.8 Å². The summed E-state index contributed by atoms with van der Waals surface area (Å²) in [6.45, 7) is 0. The zero-order chi connectivity index (χ0) is 22.6. The molecule has 8 N–H and O–H groups in total. The van der Waals surface area contributed by atoms with E-state index in [0.29, 0.717) is 22.6 Å². The van der Waals surface area contributed by atoms with Gasteiger partial charge in [-0.05, 0) is 35.7 Å². The number of thiazole rings is 1. The van der Waals surface area contributed by atoms with Gasteiger partial charge in [0, 0.05) is 17.1 Å². The van der Waals surface area contributed by atoms with E-state index in [0.717, 1.165) is 5.56 Å². The normalized spacial score (nSPS) is 13.5. The first-order valence-electron chi connectivity index (χ1n) is 9.17. The third kappa shape index (κ3) is 5.52. The maximum Gasteiger partial charge on any atom is 0.241 e. The lowest BCUT2D eigenvalue weighted by Crippen LogP contribution is -2.31. The molecule has 9 nitrogen and oxygen atoms in total. The molecule has 1 amide bonds. The number of carbonyl (C=O) groups excluding carboxylic acids is 1. The second-order valence-electron chi connectivity index (χ2n) is 6.81. The van der Waals surface area contributed by atoms with Crippen LogP contribution >= 0.6 is 11.3 Å². The van der Waals surface area contributed by atoms with Gasteiger partial charge in [0.1, 0.15) is 16.9 Å². The lowest BCUT2D eigenvalue weighted by molar-refractivity contribution is -0.119. The maximum atomic E-state index is 13.1. The number of hydrogen-bond acceptors (Lipinski definition) is 7. The molecule has 3 rings (SSSR count). The van der Waals surface area contributed by atoms with E-state index in [4.69, 9.17) is 22.6 Å². The molecule has 2 aromatic carbocycles. The Morgan fingerprint density at radius 1 is 1.16 bits per heavy atom. The molecule has 11 heteroatoms. The van der Waals surface area contributed by atoms with Crippen LogP contribution in [0.3, 0.4) is 0 Å². The van der Waals surface area contributed by atoms with E-state index in [2.05, 4.69) is 9.71 Å². The summed E-state index contributed by atoms with van der Waals surface area (Å²) in [6.07, 6.45) is 1.90. The maximum absolute atomic E-state index is 13.1. The number of carbonyl (C=O) groups is 1. The first-order valence-corrected chi connectivity index (χ1v) is 11.5. The number of aromatic nitrogens is 1. The minimum absolute atomic E-state index is 0.0410. The van der Waals surface area contributed by atoms with Crippen LogP contribution in [0.5, 0.6) is 0 Å². The van der Waals surface area contributed by atoms with E-state index in [1.807, 2.05) is 6.07 Å². The molecular formula is C20H22N6O3S2. The van der Waals surface area contributed by atoms with Crippen LogP contribution in [0.1, 0.15) is 33.8 Å². The summed E-state index contributed by atoms with van der Waals surface area (Å²) in [5, 5.41) is 9.95. The van der Waals surface area contributed by atoms with Crippen LogP contribution in [0, 0.1) is 5.41 Å². The van der Waals surface area contributed by atoms with E-state index in [-0.39, 0.29) is 10.7 Å². The number of amides is 1. The zero-order valence-electron chi connectivity index (χ0n) is 16.4. The molecule has 162 valence electrons. The van der Waals surface area contributed by atoms with Gasteiger partial charge in [-0.1, -0.05) is 30.3 Å². The van der Waals surface area contributed by atoms with Gasteiger partial charge in [0.2, 0.25) is 15.9 Å². The van der Waals surface area contributed by atoms with Gasteiger partial charge in [-0.3, -0.25) is 10.2 Å². The van der Waals surface area contributed by atoms with Crippen molar-refractivity contribution in [1.29, 1.82) is 5.41 Å². The number of primary amides is 1. The van der Waals surface area contributed by atoms with Gasteiger partial charge in [-0.2, -0.15) is 0 Å². The van der Waals surface area contributed by atoms with Gasteiger partial charge in [-0.15, -0.1) is 11.3 Å². The monoisotopic (exact) mass is 458 g/mol. The van der Waals surface area contributed by atoms with Crippen molar-refractivity contribution in [3.8, 4) is 0 Å². The number of nitrogen functional groups attached to an aromatic ring is 1. The zero-order valence-corrected chi connectivity index (χ0v) is 18.0. The second-order valence-corrected chi connectivity index (χ2v) is 9.46. The Morgan fingerprint density at radius 3 is 2.55 bits per heavy atom. The highest BCUT2D eigenvalue weighted by Crippen LogP contribution is 2.25. The highest BCUT2D eigenvalue weighted by molar-refractivity contribution is 7.89.